The fourth-order valence-electron chi connectivity index (χ4n) is 1.22. The van der Waals surface area contributed by atoms with Gasteiger partial charge in [0.05, 0.1) is 0 Å². The maximum Gasteiger partial charge on any atom is 0.264 e. The van der Waals surface area contributed by atoms with E-state index in [0.717, 1.165) is 11.1 Å². The molecule has 17 heavy (non-hydrogen) atoms. The molecule has 0 heterocycles. The molecular formula is C12H15ClO3S. The van der Waals surface area contributed by atoms with Crippen LogP contribution in [0.3, 0.4) is 0 Å². The first-order chi connectivity index (χ1) is 7.80. The number of benzene rings is 1. The van der Waals surface area contributed by atoms with Gasteiger partial charge < -0.3 is 4.74 Å². The second-order valence-corrected chi connectivity index (χ2v) is 6.51. The zero-order chi connectivity index (χ0) is 13.1. The number of hydrogen-bond acceptors (Lipinski definition) is 3. The van der Waals surface area contributed by atoms with E-state index in [1.807, 2.05) is 19.9 Å². The molecule has 0 aliphatic carbocycles. The Morgan fingerprint density at radius 2 is 2.06 bits per heavy atom. The van der Waals surface area contributed by atoms with Crippen molar-refractivity contribution in [2.75, 3.05) is 6.61 Å². The van der Waals surface area contributed by atoms with Gasteiger partial charge in [0.25, 0.3) is 9.05 Å². The molecule has 94 valence electrons. The van der Waals surface area contributed by atoms with Crippen LogP contribution < -0.4 is 4.74 Å². The third kappa shape index (κ3) is 4.40. The molecule has 0 spiro atoms. The molecule has 1 aromatic rings. The Labute approximate surface area is 106 Å². The Balaban J connectivity index is 3.04. The molecule has 0 N–H and O–H groups in total. The molecule has 0 saturated carbocycles. The lowest BCUT2D eigenvalue weighted by Gasteiger charge is -2.08. The highest BCUT2D eigenvalue weighted by Gasteiger charge is 2.16. The van der Waals surface area contributed by atoms with Crippen LogP contribution >= 0.6 is 10.7 Å². The topological polar surface area (TPSA) is 43.4 Å². The quantitative estimate of drug-likeness (QED) is 0.625. The van der Waals surface area contributed by atoms with Gasteiger partial charge in [-0.15, -0.1) is 0 Å². The number of ether oxygens (including phenoxy) is 1. The number of aryl methyl sites for hydroxylation is 1. The molecule has 0 bridgehead atoms. The minimum absolute atomic E-state index is 0.0151. The summed E-state index contributed by atoms with van der Waals surface area (Å²) < 4.78 is 28.1. The summed E-state index contributed by atoms with van der Waals surface area (Å²) in [5.74, 6) is 0.281. The molecule has 0 unspecified atom stereocenters. The van der Waals surface area contributed by atoms with Gasteiger partial charge >= 0.3 is 0 Å². The van der Waals surface area contributed by atoms with Crippen LogP contribution in [0.25, 0.3) is 0 Å². The van der Waals surface area contributed by atoms with Crippen molar-refractivity contribution in [3.05, 3.63) is 35.4 Å². The fraction of sp³-hybridized carbons (Fsp3) is 0.333. The largest absolute Gasteiger partial charge is 0.488 e. The Morgan fingerprint density at radius 1 is 1.41 bits per heavy atom. The first-order valence-electron chi connectivity index (χ1n) is 5.12. The first-order valence-corrected chi connectivity index (χ1v) is 7.43. The summed E-state index contributed by atoms with van der Waals surface area (Å²) in [6.07, 6.45) is 1.87. The Hall–Kier alpha value is -1.00. The Kier molecular flexibility index (Phi) is 4.60. The van der Waals surface area contributed by atoms with Crippen molar-refractivity contribution in [3.63, 3.8) is 0 Å². The van der Waals surface area contributed by atoms with E-state index < -0.39 is 9.05 Å². The van der Waals surface area contributed by atoms with Gasteiger partial charge in [-0.25, -0.2) is 8.42 Å². The van der Waals surface area contributed by atoms with Crippen molar-refractivity contribution in [2.24, 2.45) is 0 Å². The number of hydrogen-bond donors (Lipinski definition) is 0. The zero-order valence-corrected chi connectivity index (χ0v) is 11.6. The van der Waals surface area contributed by atoms with E-state index >= 15 is 0 Å². The fourth-order valence-corrected chi connectivity index (χ4v) is 2.28. The van der Waals surface area contributed by atoms with Crippen LogP contribution in [0.15, 0.2) is 34.7 Å². The molecule has 1 rings (SSSR count). The maximum absolute atomic E-state index is 11.4. The van der Waals surface area contributed by atoms with Crippen molar-refractivity contribution < 1.29 is 13.2 Å². The summed E-state index contributed by atoms with van der Waals surface area (Å²) in [4.78, 5) is 0.0151. The highest BCUT2D eigenvalue weighted by molar-refractivity contribution is 8.13. The van der Waals surface area contributed by atoms with Crippen molar-refractivity contribution in [3.8, 4) is 5.75 Å². The Morgan fingerprint density at radius 3 is 2.59 bits per heavy atom. The van der Waals surface area contributed by atoms with Crippen molar-refractivity contribution in [1.82, 2.24) is 0 Å². The molecule has 0 radical (unpaired) electrons. The summed E-state index contributed by atoms with van der Waals surface area (Å²) in [6.45, 7) is 6.01. The molecule has 0 amide bonds. The molecule has 5 heteroatoms. The summed E-state index contributed by atoms with van der Waals surface area (Å²) in [6, 6.07) is 4.90. The van der Waals surface area contributed by atoms with Gasteiger partial charge in [-0.2, -0.15) is 0 Å². The SMILES string of the molecule is CC(C)=CCOc1ccc(C)cc1S(=O)(=O)Cl. The van der Waals surface area contributed by atoms with Crippen LogP contribution in [0, 0.1) is 6.92 Å². The molecule has 0 aliphatic rings. The van der Waals surface area contributed by atoms with Gasteiger partial charge in [-0.1, -0.05) is 11.6 Å². The smallest absolute Gasteiger partial charge is 0.264 e. The average Bonchev–Trinajstić information content (AvgIpc) is 2.18. The lowest BCUT2D eigenvalue weighted by atomic mass is 10.2. The summed E-state index contributed by atoms with van der Waals surface area (Å²) >= 11 is 0. The van der Waals surface area contributed by atoms with Gasteiger partial charge in [0.15, 0.2) is 0 Å². The minimum Gasteiger partial charge on any atom is -0.488 e. The lowest BCUT2D eigenvalue weighted by molar-refractivity contribution is 0.352. The van der Waals surface area contributed by atoms with Crippen LogP contribution in [0.4, 0.5) is 0 Å². The summed E-state index contributed by atoms with van der Waals surface area (Å²) in [5.41, 5.74) is 1.92. The van der Waals surface area contributed by atoms with Crippen LogP contribution in [0.5, 0.6) is 5.75 Å². The average molecular weight is 275 g/mol. The maximum atomic E-state index is 11.4. The highest BCUT2D eigenvalue weighted by Crippen LogP contribution is 2.27. The van der Waals surface area contributed by atoms with Crippen LogP contribution in [0.2, 0.25) is 0 Å². The monoisotopic (exact) mass is 274 g/mol. The second kappa shape index (κ2) is 5.56. The van der Waals surface area contributed by atoms with E-state index in [4.69, 9.17) is 15.4 Å². The van der Waals surface area contributed by atoms with Crippen LogP contribution in [-0.2, 0) is 9.05 Å². The third-order valence-corrected chi connectivity index (χ3v) is 3.44. The van der Waals surface area contributed by atoms with E-state index in [2.05, 4.69) is 0 Å². The van der Waals surface area contributed by atoms with Gasteiger partial charge in [0.1, 0.15) is 17.3 Å². The molecule has 3 nitrogen and oxygen atoms in total. The molecular weight excluding hydrogens is 260 g/mol. The predicted octanol–water partition coefficient (Wildman–Crippen LogP) is 3.27. The van der Waals surface area contributed by atoms with Crippen LogP contribution in [0.1, 0.15) is 19.4 Å². The molecule has 0 aliphatic heterocycles. The van der Waals surface area contributed by atoms with Crippen molar-refractivity contribution in [1.29, 1.82) is 0 Å². The predicted molar refractivity (Wildman–Crippen MR) is 69.1 cm³/mol. The van der Waals surface area contributed by atoms with Gasteiger partial charge in [-0.05, 0) is 44.5 Å². The van der Waals surface area contributed by atoms with Crippen molar-refractivity contribution in [2.45, 2.75) is 25.7 Å². The molecule has 0 saturated heterocycles. The standard InChI is InChI=1S/C12H15ClO3S/c1-9(2)6-7-16-11-5-4-10(3)8-12(11)17(13,14)15/h4-6,8H,7H2,1-3H3. The molecule has 1 aromatic carbocycles. The zero-order valence-electron chi connectivity index (χ0n) is 10.0. The number of rotatable bonds is 4. The highest BCUT2D eigenvalue weighted by atomic mass is 35.7. The van der Waals surface area contributed by atoms with Crippen LogP contribution in [-0.4, -0.2) is 15.0 Å². The minimum atomic E-state index is -3.78. The number of halogens is 1. The molecule has 0 aromatic heterocycles. The summed E-state index contributed by atoms with van der Waals surface area (Å²) in [7, 11) is 1.57. The van der Waals surface area contributed by atoms with E-state index in [0.29, 0.717) is 6.61 Å². The summed E-state index contributed by atoms with van der Waals surface area (Å²) in [5, 5.41) is 0. The normalized spacial score (nSPS) is 11.1. The second-order valence-electron chi connectivity index (χ2n) is 3.98. The molecule has 0 fully saturated rings. The first kappa shape index (κ1) is 14.1. The van der Waals surface area contributed by atoms with E-state index in [1.165, 1.54) is 6.07 Å². The van der Waals surface area contributed by atoms with Crippen molar-refractivity contribution >= 4 is 19.7 Å². The van der Waals surface area contributed by atoms with E-state index in [-0.39, 0.29) is 10.6 Å². The lowest BCUT2D eigenvalue weighted by Crippen LogP contribution is -2.01. The third-order valence-electron chi connectivity index (χ3n) is 2.09. The van der Waals surface area contributed by atoms with E-state index in [9.17, 15) is 8.42 Å². The van der Waals surface area contributed by atoms with E-state index in [1.54, 1.807) is 19.1 Å². The van der Waals surface area contributed by atoms with Gasteiger partial charge in [-0.3, -0.25) is 0 Å². The van der Waals surface area contributed by atoms with Gasteiger partial charge in [0, 0.05) is 10.7 Å². The number of allylic oxidation sites excluding steroid dienone is 1. The van der Waals surface area contributed by atoms with Gasteiger partial charge in [0.2, 0.25) is 0 Å². The Bertz CT molecular complexity index is 529. The molecule has 0 atom stereocenters.